The number of rotatable bonds is 7. The van der Waals surface area contributed by atoms with Crippen LogP contribution in [0.5, 0.6) is 5.88 Å². The lowest BCUT2D eigenvalue weighted by molar-refractivity contribution is -0.140. The van der Waals surface area contributed by atoms with Gasteiger partial charge in [-0.1, -0.05) is 6.92 Å². The third-order valence-electron chi connectivity index (χ3n) is 7.98. The average Bonchev–Trinajstić information content (AvgIpc) is 3.55. The fourth-order valence-corrected chi connectivity index (χ4v) is 6.05. The highest BCUT2D eigenvalue weighted by Crippen LogP contribution is 2.37. The number of hydrogen-bond donors (Lipinski definition) is 1. The number of amides is 1. The molecule has 4 atom stereocenters. The molecule has 1 amide bonds. The van der Waals surface area contributed by atoms with E-state index in [0.29, 0.717) is 48.8 Å². The van der Waals surface area contributed by atoms with Gasteiger partial charge in [-0.25, -0.2) is 4.79 Å². The largest absolute Gasteiger partial charge is 0.472 e. The van der Waals surface area contributed by atoms with Crippen LogP contribution in [0.3, 0.4) is 0 Å². The molecule has 12 heteroatoms. The van der Waals surface area contributed by atoms with Crippen molar-refractivity contribution in [2.45, 2.75) is 109 Å². The number of nitrogens with zero attached hydrogens (tertiary/aromatic N) is 6. The number of aromatic nitrogens is 4. The molecule has 41 heavy (non-hydrogen) atoms. The molecule has 0 unspecified atom stereocenters. The summed E-state index contributed by atoms with van der Waals surface area (Å²) in [5.74, 6) is 2.19. The van der Waals surface area contributed by atoms with Crippen LogP contribution in [0, 0.1) is 6.92 Å². The fraction of sp³-hybridized carbons (Fsp3) is 0.690. The van der Waals surface area contributed by atoms with E-state index in [2.05, 4.69) is 20.2 Å². The van der Waals surface area contributed by atoms with Gasteiger partial charge < -0.3 is 29.3 Å². The molecule has 3 saturated heterocycles. The van der Waals surface area contributed by atoms with Crippen molar-refractivity contribution in [1.29, 1.82) is 0 Å². The van der Waals surface area contributed by atoms with Gasteiger partial charge in [-0.05, 0) is 59.8 Å². The molecule has 3 aliphatic heterocycles. The predicted octanol–water partition coefficient (Wildman–Crippen LogP) is 4.43. The first-order chi connectivity index (χ1) is 19.5. The van der Waals surface area contributed by atoms with E-state index in [1.54, 1.807) is 19.1 Å². The quantitative estimate of drug-likeness (QED) is 0.512. The average molecular weight is 570 g/mol. The Bertz CT molecular complexity index is 1240. The standard InChI is InChI=1S/C29H43N7O5/c1-7-26(37)35-19-9-8-10-20(35)15-21(14-19)34(6)27-31-23(16-25(32-27)40-22-11-12-39-17-22)30-24-13-18(2)36(33-24)28(38)41-29(3,4)5/h13,16,19-22H,7-12,14-15,17H2,1-6H3,(H,30,31,32,33)/t19-,20+,21-,22-/m1/s1. The molecule has 2 aromatic heterocycles. The van der Waals surface area contributed by atoms with Crippen LogP contribution in [0.2, 0.25) is 0 Å². The number of ether oxygens (including phenoxy) is 3. The Morgan fingerprint density at radius 1 is 1.12 bits per heavy atom. The minimum atomic E-state index is -0.635. The first-order valence-corrected chi connectivity index (χ1v) is 14.7. The Kier molecular flexibility index (Phi) is 8.40. The Morgan fingerprint density at radius 2 is 1.85 bits per heavy atom. The molecule has 3 fully saturated rings. The van der Waals surface area contributed by atoms with Crippen LogP contribution >= 0.6 is 0 Å². The molecular formula is C29H43N7O5. The van der Waals surface area contributed by atoms with E-state index in [1.165, 1.54) is 4.68 Å². The van der Waals surface area contributed by atoms with Crippen LogP contribution in [0.4, 0.5) is 22.4 Å². The molecule has 0 saturated carbocycles. The summed E-state index contributed by atoms with van der Waals surface area (Å²) in [6.45, 7) is 10.4. The van der Waals surface area contributed by atoms with Crippen LogP contribution in [0.25, 0.3) is 0 Å². The summed E-state index contributed by atoms with van der Waals surface area (Å²) in [5, 5.41) is 7.65. The van der Waals surface area contributed by atoms with Crippen molar-refractivity contribution >= 4 is 29.6 Å². The van der Waals surface area contributed by atoms with E-state index in [9.17, 15) is 9.59 Å². The number of nitrogens with one attached hydrogen (secondary N) is 1. The molecule has 0 aromatic carbocycles. The molecule has 224 valence electrons. The van der Waals surface area contributed by atoms with Gasteiger partial charge in [0, 0.05) is 55.8 Å². The first kappa shape index (κ1) is 29.1. The summed E-state index contributed by atoms with van der Waals surface area (Å²) in [4.78, 5) is 39.2. The van der Waals surface area contributed by atoms with Gasteiger partial charge in [-0.15, -0.1) is 5.10 Å². The van der Waals surface area contributed by atoms with E-state index in [4.69, 9.17) is 24.2 Å². The highest BCUT2D eigenvalue weighted by molar-refractivity contribution is 5.77. The highest BCUT2D eigenvalue weighted by atomic mass is 16.6. The van der Waals surface area contributed by atoms with Crippen molar-refractivity contribution in [2.24, 2.45) is 0 Å². The van der Waals surface area contributed by atoms with Gasteiger partial charge in [0.25, 0.3) is 0 Å². The molecule has 0 radical (unpaired) electrons. The second kappa shape index (κ2) is 11.8. The van der Waals surface area contributed by atoms with E-state index < -0.39 is 11.7 Å². The van der Waals surface area contributed by atoms with Gasteiger partial charge in [0.2, 0.25) is 17.7 Å². The Morgan fingerprint density at radius 3 is 2.49 bits per heavy atom. The maximum atomic E-state index is 12.7. The molecule has 1 N–H and O–H groups in total. The minimum absolute atomic E-state index is 0.0767. The summed E-state index contributed by atoms with van der Waals surface area (Å²) < 4.78 is 18.4. The number of aryl methyl sites for hydroxylation is 1. The van der Waals surface area contributed by atoms with Gasteiger partial charge >= 0.3 is 6.09 Å². The number of piperidine rings is 2. The van der Waals surface area contributed by atoms with Crippen LogP contribution in [-0.4, -0.2) is 86.7 Å². The Balaban J connectivity index is 1.39. The van der Waals surface area contributed by atoms with E-state index in [0.717, 1.165) is 38.5 Å². The van der Waals surface area contributed by atoms with Crippen molar-refractivity contribution in [3.63, 3.8) is 0 Å². The molecule has 3 aliphatic rings. The number of fused-ring (bicyclic) bond motifs is 2. The summed E-state index contributed by atoms with van der Waals surface area (Å²) in [5.41, 5.74) is -0.00297. The van der Waals surface area contributed by atoms with Gasteiger partial charge in [0.15, 0.2) is 5.82 Å². The van der Waals surface area contributed by atoms with Crippen LogP contribution < -0.4 is 15.0 Å². The van der Waals surface area contributed by atoms with Gasteiger partial charge in [-0.2, -0.15) is 14.6 Å². The predicted molar refractivity (Wildman–Crippen MR) is 154 cm³/mol. The lowest BCUT2D eigenvalue weighted by Crippen LogP contribution is -2.58. The smallest absolute Gasteiger partial charge is 0.435 e. The molecule has 5 heterocycles. The molecule has 5 rings (SSSR count). The molecule has 2 aromatic rings. The monoisotopic (exact) mass is 569 g/mol. The maximum absolute atomic E-state index is 12.7. The number of anilines is 3. The van der Waals surface area contributed by atoms with Crippen LogP contribution in [-0.2, 0) is 14.3 Å². The van der Waals surface area contributed by atoms with E-state index in [-0.39, 0.29) is 30.1 Å². The Hall–Kier alpha value is -3.41. The lowest BCUT2D eigenvalue weighted by atomic mass is 9.81. The van der Waals surface area contributed by atoms with E-state index in [1.807, 2.05) is 34.7 Å². The zero-order valence-electron chi connectivity index (χ0n) is 25.1. The molecular weight excluding hydrogens is 526 g/mol. The zero-order valence-corrected chi connectivity index (χ0v) is 25.1. The third kappa shape index (κ3) is 6.74. The number of carbonyl (C=O) groups excluding carboxylic acids is 2. The zero-order chi connectivity index (χ0) is 29.3. The molecule has 2 bridgehead atoms. The number of hydrogen-bond acceptors (Lipinski definition) is 10. The second-order valence-electron chi connectivity index (χ2n) is 12.3. The second-order valence-corrected chi connectivity index (χ2v) is 12.3. The van der Waals surface area contributed by atoms with Crippen molar-refractivity contribution in [3.05, 3.63) is 17.8 Å². The first-order valence-electron chi connectivity index (χ1n) is 14.7. The fourth-order valence-electron chi connectivity index (χ4n) is 6.05. The maximum Gasteiger partial charge on any atom is 0.435 e. The van der Waals surface area contributed by atoms with Crippen molar-refractivity contribution in [3.8, 4) is 5.88 Å². The normalized spacial score (nSPS) is 24.2. The van der Waals surface area contributed by atoms with Crippen molar-refractivity contribution < 1.29 is 23.8 Å². The molecule has 0 aliphatic carbocycles. The lowest BCUT2D eigenvalue weighted by Gasteiger charge is -2.50. The highest BCUT2D eigenvalue weighted by Gasteiger charge is 2.42. The summed E-state index contributed by atoms with van der Waals surface area (Å²) in [6.07, 6.45) is 5.70. The Labute approximate surface area is 241 Å². The van der Waals surface area contributed by atoms with Gasteiger partial charge in [-0.3, -0.25) is 4.79 Å². The SMILES string of the molecule is CCC(=O)N1[C@@H]2CCC[C@H]1C[C@H](N(C)c1nc(Nc3cc(C)n(C(=O)OC(C)(C)C)n3)cc(O[C@@H]3CCOC3)n1)C2. The molecule has 12 nitrogen and oxygen atoms in total. The van der Waals surface area contributed by atoms with Gasteiger partial charge in [0.05, 0.1) is 13.2 Å². The van der Waals surface area contributed by atoms with Gasteiger partial charge in [0.1, 0.15) is 17.5 Å². The van der Waals surface area contributed by atoms with Crippen LogP contribution in [0.1, 0.15) is 78.3 Å². The van der Waals surface area contributed by atoms with Crippen molar-refractivity contribution in [2.75, 3.05) is 30.5 Å². The summed E-state index contributed by atoms with van der Waals surface area (Å²) in [6, 6.07) is 4.19. The summed E-state index contributed by atoms with van der Waals surface area (Å²) >= 11 is 0. The van der Waals surface area contributed by atoms with Crippen molar-refractivity contribution in [1.82, 2.24) is 24.6 Å². The third-order valence-corrected chi connectivity index (χ3v) is 7.98. The minimum Gasteiger partial charge on any atom is -0.472 e. The number of carbonyl (C=O) groups is 2. The molecule has 0 spiro atoms. The summed E-state index contributed by atoms with van der Waals surface area (Å²) in [7, 11) is 2.01. The van der Waals surface area contributed by atoms with E-state index >= 15 is 0 Å². The topological polar surface area (TPSA) is 124 Å². The van der Waals surface area contributed by atoms with Crippen LogP contribution in [0.15, 0.2) is 12.1 Å².